The lowest BCUT2D eigenvalue weighted by Crippen LogP contribution is -2.10. The fourth-order valence-electron chi connectivity index (χ4n) is 2.07. The third kappa shape index (κ3) is 2.71. The lowest BCUT2D eigenvalue weighted by molar-refractivity contribution is 0.790. The Labute approximate surface area is 126 Å². The van der Waals surface area contributed by atoms with Crippen molar-refractivity contribution in [1.82, 2.24) is 29.4 Å². The molecule has 21 heavy (non-hydrogen) atoms. The average Bonchev–Trinajstić information content (AvgIpc) is 3.07. The number of rotatable bonds is 5. The Morgan fingerprint density at radius 1 is 1.33 bits per heavy atom. The number of nitrogens with one attached hydrogen (secondary N) is 1. The first-order chi connectivity index (χ1) is 10.2. The minimum Gasteiger partial charge on any atom is -0.381 e. The van der Waals surface area contributed by atoms with Crippen LogP contribution in [0.1, 0.15) is 11.3 Å². The Bertz CT molecular complexity index is 761. The smallest absolute Gasteiger partial charge is 0.200 e. The highest BCUT2D eigenvalue weighted by Crippen LogP contribution is 2.22. The molecule has 0 aliphatic carbocycles. The highest BCUT2D eigenvalue weighted by Gasteiger charge is 2.11. The van der Waals surface area contributed by atoms with Crippen LogP contribution < -0.4 is 5.32 Å². The minimum absolute atomic E-state index is 0.764. The van der Waals surface area contributed by atoms with Gasteiger partial charge in [-0.15, -0.1) is 10.2 Å². The fraction of sp³-hybridized carbons (Fsp3) is 0.385. The molecule has 0 radical (unpaired) electrons. The third-order valence-corrected chi connectivity index (χ3v) is 4.40. The highest BCUT2D eigenvalue weighted by atomic mass is 32.2. The van der Waals surface area contributed by atoms with Gasteiger partial charge in [0.1, 0.15) is 6.33 Å². The van der Waals surface area contributed by atoms with Crippen molar-refractivity contribution >= 4 is 23.1 Å². The molecule has 110 valence electrons. The summed E-state index contributed by atoms with van der Waals surface area (Å²) in [7, 11) is 2.00. The molecule has 0 spiro atoms. The Morgan fingerprint density at radius 3 is 2.95 bits per heavy atom. The summed E-state index contributed by atoms with van der Waals surface area (Å²) in [5, 5.41) is 16.9. The lowest BCUT2D eigenvalue weighted by atomic mass is 10.2. The number of hydrogen-bond acceptors (Lipinski definition) is 6. The summed E-state index contributed by atoms with van der Waals surface area (Å²) >= 11 is 1.72. The van der Waals surface area contributed by atoms with E-state index in [0.717, 1.165) is 40.0 Å². The predicted molar refractivity (Wildman–Crippen MR) is 82.7 cm³/mol. The van der Waals surface area contributed by atoms with Gasteiger partial charge in [0.15, 0.2) is 5.16 Å². The molecule has 3 heterocycles. The number of anilines is 1. The zero-order chi connectivity index (χ0) is 14.8. The quantitative estimate of drug-likeness (QED) is 0.571. The van der Waals surface area contributed by atoms with Gasteiger partial charge in [0.25, 0.3) is 0 Å². The second-order valence-corrected chi connectivity index (χ2v) is 5.84. The second kappa shape index (κ2) is 5.72. The van der Waals surface area contributed by atoms with Crippen LogP contribution in [0.25, 0.3) is 5.65 Å². The molecule has 0 aliphatic heterocycles. The molecule has 0 aliphatic rings. The van der Waals surface area contributed by atoms with E-state index in [9.17, 15) is 0 Å². The molecule has 0 aromatic carbocycles. The first-order valence-corrected chi connectivity index (χ1v) is 7.66. The predicted octanol–water partition coefficient (Wildman–Crippen LogP) is 1.68. The number of aryl methyl sites for hydroxylation is 2. The van der Waals surface area contributed by atoms with E-state index in [1.54, 1.807) is 22.6 Å². The van der Waals surface area contributed by atoms with Crippen molar-refractivity contribution in [1.29, 1.82) is 0 Å². The number of fused-ring (bicyclic) bond motifs is 1. The maximum absolute atomic E-state index is 4.41. The Hall–Kier alpha value is -2.09. The Morgan fingerprint density at radius 2 is 2.19 bits per heavy atom. The fourth-order valence-corrected chi connectivity index (χ4v) is 2.86. The molecule has 0 unspecified atom stereocenters. The van der Waals surface area contributed by atoms with Crippen LogP contribution in [-0.2, 0) is 7.05 Å². The van der Waals surface area contributed by atoms with E-state index in [4.69, 9.17) is 0 Å². The van der Waals surface area contributed by atoms with Crippen LogP contribution in [-0.4, -0.2) is 41.7 Å². The zero-order valence-electron chi connectivity index (χ0n) is 12.2. The van der Waals surface area contributed by atoms with E-state index in [0.29, 0.717) is 0 Å². The van der Waals surface area contributed by atoms with Gasteiger partial charge in [-0.1, -0.05) is 11.8 Å². The molecule has 7 nitrogen and oxygen atoms in total. The van der Waals surface area contributed by atoms with Crippen molar-refractivity contribution in [3.05, 3.63) is 30.0 Å². The molecular weight excluding hydrogens is 286 g/mol. The summed E-state index contributed by atoms with van der Waals surface area (Å²) in [6, 6.07) is 0. The van der Waals surface area contributed by atoms with Crippen LogP contribution in [0.4, 0.5) is 5.69 Å². The van der Waals surface area contributed by atoms with Gasteiger partial charge in [0.2, 0.25) is 5.65 Å². The van der Waals surface area contributed by atoms with Crippen molar-refractivity contribution in [3.8, 4) is 0 Å². The van der Waals surface area contributed by atoms with Crippen molar-refractivity contribution in [2.24, 2.45) is 7.05 Å². The van der Waals surface area contributed by atoms with Crippen molar-refractivity contribution in [2.75, 3.05) is 17.6 Å². The van der Waals surface area contributed by atoms with Crippen molar-refractivity contribution in [2.45, 2.75) is 19.0 Å². The van der Waals surface area contributed by atoms with E-state index in [-0.39, 0.29) is 0 Å². The molecule has 0 saturated carbocycles. The van der Waals surface area contributed by atoms with Crippen LogP contribution in [0.15, 0.2) is 23.9 Å². The number of aromatic nitrogens is 6. The van der Waals surface area contributed by atoms with Gasteiger partial charge in [-0.2, -0.15) is 9.61 Å². The molecule has 3 aromatic heterocycles. The maximum Gasteiger partial charge on any atom is 0.200 e. The van der Waals surface area contributed by atoms with Gasteiger partial charge in [0.05, 0.1) is 11.4 Å². The summed E-state index contributed by atoms with van der Waals surface area (Å²) in [5.41, 5.74) is 3.85. The normalized spacial score (nSPS) is 11.2. The van der Waals surface area contributed by atoms with Crippen LogP contribution in [0, 0.1) is 13.8 Å². The zero-order valence-corrected chi connectivity index (χ0v) is 13.1. The number of imidazole rings is 1. The molecule has 0 amide bonds. The van der Waals surface area contributed by atoms with Gasteiger partial charge in [-0.25, -0.2) is 4.98 Å². The van der Waals surface area contributed by atoms with E-state index in [2.05, 4.69) is 25.6 Å². The molecule has 0 bridgehead atoms. The van der Waals surface area contributed by atoms with Crippen LogP contribution in [0.2, 0.25) is 0 Å². The van der Waals surface area contributed by atoms with E-state index < -0.39 is 0 Å². The molecule has 8 heteroatoms. The summed E-state index contributed by atoms with van der Waals surface area (Å²) in [6.45, 7) is 4.86. The first-order valence-electron chi connectivity index (χ1n) is 6.68. The Kier molecular flexibility index (Phi) is 3.78. The summed E-state index contributed by atoms with van der Waals surface area (Å²) in [4.78, 5) is 4.30. The monoisotopic (exact) mass is 303 g/mol. The second-order valence-electron chi connectivity index (χ2n) is 4.78. The number of hydrogen-bond donors (Lipinski definition) is 1. The molecule has 3 aromatic rings. The van der Waals surface area contributed by atoms with Crippen LogP contribution in [0.5, 0.6) is 0 Å². The van der Waals surface area contributed by atoms with Crippen molar-refractivity contribution < 1.29 is 0 Å². The molecule has 3 rings (SSSR count). The minimum atomic E-state index is 0.764. The third-order valence-electron chi connectivity index (χ3n) is 3.34. The first kappa shape index (κ1) is 13.9. The maximum atomic E-state index is 4.41. The standard InChI is InChI=1S/C13H17N7S/c1-9-10(2)18-20-8-16-17-12(20)11(9)14-5-7-21-13-15-4-6-19(13)3/h4,6,8,14H,5,7H2,1-3H3. The molecule has 0 fully saturated rings. The lowest BCUT2D eigenvalue weighted by Gasteiger charge is -2.11. The van der Waals surface area contributed by atoms with Crippen LogP contribution in [0.3, 0.4) is 0 Å². The summed E-state index contributed by atoms with van der Waals surface area (Å²) in [6.07, 6.45) is 5.38. The highest BCUT2D eigenvalue weighted by molar-refractivity contribution is 7.99. The summed E-state index contributed by atoms with van der Waals surface area (Å²) in [5.74, 6) is 0.923. The molecule has 0 atom stereocenters. The van der Waals surface area contributed by atoms with Crippen LogP contribution >= 0.6 is 11.8 Å². The van der Waals surface area contributed by atoms with Gasteiger partial charge >= 0.3 is 0 Å². The van der Waals surface area contributed by atoms with E-state index >= 15 is 0 Å². The summed E-state index contributed by atoms with van der Waals surface area (Å²) < 4.78 is 3.72. The number of nitrogens with zero attached hydrogens (tertiary/aromatic N) is 6. The van der Waals surface area contributed by atoms with Gasteiger partial charge in [-0.3, -0.25) is 0 Å². The molecular formula is C13H17N7S. The van der Waals surface area contributed by atoms with Gasteiger partial charge in [0, 0.05) is 31.7 Å². The van der Waals surface area contributed by atoms with E-state index in [1.807, 2.05) is 37.9 Å². The van der Waals surface area contributed by atoms with Gasteiger partial charge < -0.3 is 9.88 Å². The van der Waals surface area contributed by atoms with Gasteiger partial charge in [-0.05, 0) is 19.4 Å². The number of thioether (sulfide) groups is 1. The van der Waals surface area contributed by atoms with Crippen molar-refractivity contribution in [3.63, 3.8) is 0 Å². The topological polar surface area (TPSA) is 72.9 Å². The average molecular weight is 303 g/mol. The van der Waals surface area contributed by atoms with E-state index in [1.165, 1.54) is 0 Å². The SMILES string of the molecule is Cc1nn2cnnc2c(NCCSc2nccn2C)c1C. The molecule has 1 N–H and O–H groups in total. The molecule has 0 saturated heterocycles. The Balaban J connectivity index is 1.69. The largest absolute Gasteiger partial charge is 0.381 e.